The Labute approximate surface area is 143 Å². The molecule has 4 rings (SSSR count). The smallest absolute Gasteiger partial charge is 0.0541 e. The first-order chi connectivity index (χ1) is 11.3. The first-order valence-corrected chi connectivity index (χ1v) is 9.09. The highest BCUT2D eigenvalue weighted by Gasteiger charge is 2.50. The minimum absolute atomic E-state index is 0.573. The Morgan fingerprint density at radius 1 is 1.00 bits per heavy atom. The van der Waals surface area contributed by atoms with Crippen LogP contribution in [-0.4, -0.2) is 11.0 Å². The molecule has 2 nitrogen and oxygen atoms in total. The lowest BCUT2D eigenvalue weighted by Crippen LogP contribution is -2.57. The van der Waals surface area contributed by atoms with Crippen molar-refractivity contribution in [2.45, 2.75) is 44.2 Å². The summed E-state index contributed by atoms with van der Waals surface area (Å²) in [5, 5.41) is 4.63. The summed E-state index contributed by atoms with van der Waals surface area (Å²) in [4.78, 5) is 4.44. The highest BCUT2D eigenvalue weighted by molar-refractivity contribution is 6.30. The molecule has 1 N–H and O–H groups in total. The fourth-order valence-corrected chi connectivity index (χ4v) is 4.74. The zero-order chi connectivity index (χ0) is 15.6. The van der Waals surface area contributed by atoms with Crippen LogP contribution in [0.25, 0.3) is 0 Å². The van der Waals surface area contributed by atoms with Gasteiger partial charge in [0.2, 0.25) is 0 Å². The molecular weight excluding hydrogens is 304 g/mol. The maximum absolute atomic E-state index is 6.07. The van der Waals surface area contributed by atoms with Gasteiger partial charge in [-0.2, -0.15) is 0 Å². The molecule has 1 aromatic carbocycles. The van der Waals surface area contributed by atoms with Gasteiger partial charge in [-0.1, -0.05) is 42.6 Å². The van der Waals surface area contributed by atoms with E-state index >= 15 is 0 Å². The molecule has 0 amide bonds. The number of hydrogen-bond acceptors (Lipinski definition) is 2. The fraction of sp³-hybridized carbons (Fsp3) is 0.450. The second-order valence-corrected chi connectivity index (χ2v) is 7.35. The second kappa shape index (κ2) is 6.62. The third kappa shape index (κ3) is 3.02. The molecule has 2 aliphatic rings. The molecular formula is C20H23ClN2. The number of nitrogens with zero attached hydrogens (tertiary/aromatic N) is 1. The monoisotopic (exact) mass is 326 g/mol. The molecule has 0 aliphatic heterocycles. The normalized spacial score (nSPS) is 29.6. The van der Waals surface area contributed by atoms with Crippen LogP contribution in [0.5, 0.6) is 0 Å². The first-order valence-electron chi connectivity index (χ1n) is 8.72. The SMILES string of the molecule is Clc1ccc([C@H]2[C@H]3CCCC[C@@H]3[C@@H]2NCc2ccccn2)cc1. The number of halogens is 1. The van der Waals surface area contributed by atoms with Crippen molar-refractivity contribution in [3.8, 4) is 0 Å². The largest absolute Gasteiger partial charge is 0.307 e. The van der Waals surface area contributed by atoms with E-state index in [4.69, 9.17) is 11.6 Å². The molecule has 2 saturated carbocycles. The van der Waals surface area contributed by atoms with Crippen LogP contribution < -0.4 is 5.32 Å². The van der Waals surface area contributed by atoms with Crippen LogP contribution in [0.1, 0.15) is 42.9 Å². The van der Waals surface area contributed by atoms with Gasteiger partial charge in [-0.3, -0.25) is 4.98 Å². The maximum Gasteiger partial charge on any atom is 0.0541 e. The molecule has 0 saturated heterocycles. The van der Waals surface area contributed by atoms with Crippen molar-refractivity contribution in [3.05, 3.63) is 64.9 Å². The van der Waals surface area contributed by atoms with Gasteiger partial charge in [0, 0.05) is 29.7 Å². The standard InChI is InChI=1S/C20H23ClN2/c21-15-10-8-14(9-11-15)19-17-6-1-2-7-18(17)20(19)23-13-16-5-3-4-12-22-16/h3-5,8-12,17-20,23H,1-2,6-7,13H2/t17-,18-,19-,20-/m0/s1. The number of benzene rings is 1. The van der Waals surface area contributed by atoms with Gasteiger partial charge in [0.05, 0.1) is 5.69 Å². The van der Waals surface area contributed by atoms with Crippen LogP contribution in [0.2, 0.25) is 5.02 Å². The van der Waals surface area contributed by atoms with Gasteiger partial charge in [0.1, 0.15) is 0 Å². The van der Waals surface area contributed by atoms with Gasteiger partial charge >= 0.3 is 0 Å². The quantitative estimate of drug-likeness (QED) is 0.873. The summed E-state index contributed by atoms with van der Waals surface area (Å²) in [6.07, 6.45) is 7.39. The van der Waals surface area contributed by atoms with E-state index in [1.165, 1.54) is 31.2 Å². The molecule has 4 atom stereocenters. The molecule has 0 spiro atoms. The zero-order valence-electron chi connectivity index (χ0n) is 13.3. The summed E-state index contributed by atoms with van der Waals surface area (Å²) in [5.41, 5.74) is 2.57. The molecule has 1 heterocycles. The first kappa shape index (κ1) is 15.2. The zero-order valence-corrected chi connectivity index (χ0v) is 14.0. The average Bonchev–Trinajstić information content (AvgIpc) is 2.59. The molecule has 2 aromatic rings. The number of hydrogen-bond donors (Lipinski definition) is 1. The predicted octanol–water partition coefficient (Wildman–Crippen LogP) is 4.80. The summed E-state index contributed by atoms with van der Waals surface area (Å²) < 4.78 is 0. The van der Waals surface area contributed by atoms with Crippen molar-refractivity contribution in [2.75, 3.05) is 0 Å². The highest BCUT2D eigenvalue weighted by Crippen LogP contribution is 2.54. The van der Waals surface area contributed by atoms with Crippen molar-refractivity contribution in [1.82, 2.24) is 10.3 Å². The lowest BCUT2D eigenvalue weighted by Gasteiger charge is -2.55. The summed E-state index contributed by atoms with van der Waals surface area (Å²) in [6, 6.07) is 15.2. The predicted molar refractivity (Wildman–Crippen MR) is 94.5 cm³/mol. The Kier molecular flexibility index (Phi) is 4.37. The van der Waals surface area contributed by atoms with Gasteiger partial charge in [-0.05, 0) is 54.5 Å². The van der Waals surface area contributed by atoms with Gasteiger partial charge in [0.25, 0.3) is 0 Å². The Balaban J connectivity index is 1.51. The summed E-state index contributed by atoms with van der Waals surface area (Å²) in [6.45, 7) is 0.860. The second-order valence-electron chi connectivity index (χ2n) is 6.92. The van der Waals surface area contributed by atoms with Crippen molar-refractivity contribution in [3.63, 3.8) is 0 Å². The number of fused-ring (bicyclic) bond motifs is 1. The molecule has 2 aliphatic carbocycles. The van der Waals surface area contributed by atoms with E-state index in [9.17, 15) is 0 Å². The Morgan fingerprint density at radius 3 is 2.52 bits per heavy atom. The van der Waals surface area contributed by atoms with Crippen LogP contribution in [-0.2, 0) is 6.54 Å². The van der Waals surface area contributed by atoms with Crippen molar-refractivity contribution in [1.29, 1.82) is 0 Å². The summed E-state index contributed by atoms with van der Waals surface area (Å²) in [5.74, 6) is 2.29. The lowest BCUT2D eigenvalue weighted by molar-refractivity contribution is 0.0252. The summed E-state index contributed by atoms with van der Waals surface area (Å²) in [7, 11) is 0. The molecule has 0 unspecified atom stereocenters. The molecule has 120 valence electrons. The Morgan fingerprint density at radius 2 is 1.78 bits per heavy atom. The van der Waals surface area contributed by atoms with E-state index in [0.717, 1.165) is 29.1 Å². The van der Waals surface area contributed by atoms with Gasteiger partial charge < -0.3 is 5.32 Å². The van der Waals surface area contributed by atoms with Crippen molar-refractivity contribution < 1.29 is 0 Å². The number of rotatable bonds is 4. The van der Waals surface area contributed by atoms with Crippen LogP contribution in [0.15, 0.2) is 48.7 Å². The fourth-order valence-electron chi connectivity index (χ4n) is 4.61. The maximum atomic E-state index is 6.07. The molecule has 23 heavy (non-hydrogen) atoms. The van der Waals surface area contributed by atoms with Crippen LogP contribution >= 0.6 is 11.6 Å². The lowest BCUT2D eigenvalue weighted by atomic mass is 9.53. The minimum atomic E-state index is 0.573. The third-order valence-electron chi connectivity index (χ3n) is 5.68. The van der Waals surface area contributed by atoms with Crippen LogP contribution in [0.3, 0.4) is 0 Å². The van der Waals surface area contributed by atoms with Crippen molar-refractivity contribution >= 4 is 11.6 Å². The van der Waals surface area contributed by atoms with E-state index in [1.54, 1.807) is 0 Å². The van der Waals surface area contributed by atoms with Gasteiger partial charge in [-0.15, -0.1) is 0 Å². The van der Waals surface area contributed by atoms with E-state index in [0.29, 0.717) is 12.0 Å². The van der Waals surface area contributed by atoms with E-state index in [1.807, 2.05) is 24.4 Å². The molecule has 2 fully saturated rings. The average molecular weight is 327 g/mol. The molecule has 0 radical (unpaired) electrons. The topological polar surface area (TPSA) is 24.9 Å². The van der Waals surface area contributed by atoms with Crippen molar-refractivity contribution in [2.24, 2.45) is 11.8 Å². The molecule has 1 aromatic heterocycles. The third-order valence-corrected chi connectivity index (χ3v) is 5.94. The van der Waals surface area contributed by atoms with E-state index < -0.39 is 0 Å². The van der Waals surface area contributed by atoms with Gasteiger partial charge in [-0.25, -0.2) is 0 Å². The Bertz CT molecular complexity index is 640. The summed E-state index contributed by atoms with van der Waals surface area (Å²) >= 11 is 6.07. The molecule has 3 heteroatoms. The minimum Gasteiger partial charge on any atom is -0.307 e. The van der Waals surface area contributed by atoms with Gasteiger partial charge in [0.15, 0.2) is 0 Å². The highest BCUT2D eigenvalue weighted by atomic mass is 35.5. The number of nitrogens with one attached hydrogen (secondary N) is 1. The van der Waals surface area contributed by atoms with E-state index in [2.05, 4.69) is 34.6 Å². The van der Waals surface area contributed by atoms with Crippen LogP contribution in [0, 0.1) is 11.8 Å². The molecule has 0 bridgehead atoms. The number of aromatic nitrogens is 1. The van der Waals surface area contributed by atoms with Crippen LogP contribution in [0.4, 0.5) is 0 Å². The Hall–Kier alpha value is -1.38. The number of pyridine rings is 1. The van der Waals surface area contributed by atoms with E-state index in [-0.39, 0.29) is 0 Å².